The van der Waals surface area contributed by atoms with E-state index >= 15 is 0 Å². The molecule has 1 fully saturated rings. The molecule has 34 heavy (non-hydrogen) atoms. The van der Waals surface area contributed by atoms with Crippen molar-refractivity contribution >= 4 is 22.9 Å². The van der Waals surface area contributed by atoms with Crippen LogP contribution in [0.2, 0.25) is 0 Å². The highest BCUT2D eigenvalue weighted by molar-refractivity contribution is 6.03. The van der Waals surface area contributed by atoms with Gasteiger partial charge in [-0.05, 0) is 38.2 Å². The van der Waals surface area contributed by atoms with E-state index in [1.54, 1.807) is 4.90 Å². The molecule has 0 saturated heterocycles. The van der Waals surface area contributed by atoms with Crippen molar-refractivity contribution in [2.45, 2.75) is 83.3 Å². The number of nitrogens with zero attached hydrogens (tertiary/aromatic N) is 2. The number of carbonyl (C=O) groups is 2. The molecular weight excluding hydrogens is 426 g/mol. The minimum absolute atomic E-state index is 0.0549. The van der Waals surface area contributed by atoms with Crippen molar-refractivity contribution in [3.05, 3.63) is 59.5 Å². The Balaban J connectivity index is 1.50. The summed E-state index contributed by atoms with van der Waals surface area (Å²) in [4.78, 5) is 29.6. The number of nitrogens with one attached hydrogen (secondary N) is 1. The van der Waals surface area contributed by atoms with E-state index < -0.39 is 5.54 Å². The normalized spacial score (nSPS) is 22.4. The summed E-state index contributed by atoms with van der Waals surface area (Å²) in [6.45, 7) is 6.84. The number of benzene rings is 1. The molecule has 1 aliphatic heterocycles. The van der Waals surface area contributed by atoms with Crippen LogP contribution < -0.4 is 5.32 Å². The molecule has 0 radical (unpaired) electrons. The fraction of sp³-hybridized carbons (Fsp3) is 0.500. The average Bonchev–Trinajstić information content (AvgIpc) is 3.22. The van der Waals surface area contributed by atoms with E-state index in [0.717, 1.165) is 42.5 Å². The Morgan fingerprint density at radius 3 is 2.56 bits per heavy atom. The maximum Gasteiger partial charge on any atom is 0.271 e. The van der Waals surface area contributed by atoms with E-state index in [-0.39, 0.29) is 23.8 Å². The second kappa shape index (κ2) is 8.97. The molecule has 1 aliphatic carbocycles. The van der Waals surface area contributed by atoms with Crippen LogP contribution >= 0.6 is 0 Å². The number of carbonyl (C=O) groups excluding carboxylic acids is 2. The van der Waals surface area contributed by atoms with Gasteiger partial charge in [0.15, 0.2) is 5.58 Å². The van der Waals surface area contributed by atoms with Gasteiger partial charge in [0.1, 0.15) is 17.0 Å². The summed E-state index contributed by atoms with van der Waals surface area (Å²) in [5.41, 5.74) is 2.34. The number of furan rings is 1. The van der Waals surface area contributed by atoms with Crippen LogP contribution in [0.3, 0.4) is 0 Å². The van der Waals surface area contributed by atoms with Crippen LogP contribution in [0.15, 0.2) is 46.9 Å². The summed E-state index contributed by atoms with van der Waals surface area (Å²) >= 11 is 0. The fourth-order valence-corrected chi connectivity index (χ4v) is 5.67. The first-order valence-electron chi connectivity index (χ1n) is 12.6. The van der Waals surface area contributed by atoms with E-state index in [0.29, 0.717) is 24.4 Å². The second-order valence-electron chi connectivity index (χ2n) is 10.4. The molecule has 6 heteroatoms. The van der Waals surface area contributed by atoms with Gasteiger partial charge in [0, 0.05) is 24.7 Å². The van der Waals surface area contributed by atoms with Crippen molar-refractivity contribution in [1.29, 1.82) is 0 Å². The Kier molecular flexibility index (Phi) is 6.00. The number of rotatable bonds is 5. The second-order valence-corrected chi connectivity index (χ2v) is 10.4. The highest BCUT2D eigenvalue weighted by atomic mass is 16.3. The summed E-state index contributed by atoms with van der Waals surface area (Å²) in [6, 6.07) is 14.2. The maximum absolute atomic E-state index is 13.9. The molecule has 2 aliphatic rings. The fourth-order valence-electron chi connectivity index (χ4n) is 5.67. The minimum Gasteiger partial charge on any atom is -0.460 e. The molecule has 3 aromatic rings. The topological polar surface area (TPSA) is 67.5 Å². The minimum atomic E-state index is -0.990. The van der Waals surface area contributed by atoms with Crippen LogP contribution in [-0.4, -0.2) is 39.4 Å². The van der Waals surface area contributed by atoms with E-state index in [1.165, 1.54) is 12.8 Å². The molecule has 1 aromatic carbocycles. The molecule has 2 atom stereocenters. The first kappa shape index (κ1) is 22.8. The van der Waals surface area contributed by atoms with E-state index in [1.807, 2.05) is 48.7 Å². The third-order valence-electron chi connectivity index (χ3n) is 7.74. The predicted octanol–water partition coefficient (Wildman–Crippen LogP) is 5.40. The zero-order valence-electron chi connectivity index (χ0n) is 20.5. The van der Waals surface area contributed by atoms with Gasteiger partial charge in [0.2, 0.25) is 5.91 Å². The summed E-state index contributed by atoms with van der Waals surface area (Å²) in [7, 11) is 0. The lowest BCUT2D eigenvalue weighted by Gasteiger charge is -2.45. The quantitative estimate of drug-likeness (QED) is 0.517. The van der Waals surface area contributed by atoms with Crippen molar-refractivity contribution in [3.63, 3.8) is 0 Å². The monoisotopic (exact) mass is 461 g/mol. The molecule has 0 bridgehead atoms. The lowest BCUT2D eigenvalue weighted by atomic mass is 9.91. The molecule has 0 spiro atoms. The number of aryl methyl sites for hydroxylation is 1. The highest BCUT2D eigenvalue weighted by Gasteiger charge is 2.48. The zero-order chi connectivity index (χ0) is 23.9. The van der Waals surface area contributed by atoms with Crippen molar-refractivity contribution in [3.8, 4) is 0 Å². The summed E-state index contributed by atoms with van der Waals surface area (Å²) in [6.07, 6.45) is 6.77. The van der Waals surface area contributed by atoms with Gasteiger partial charge in [-0.15, -0.1) is 0 Å². The summed E-state index contributed by atoms with van der Waals surface area (Å²) < 4.78 is 7.80. The number of fused-ring (bicyclic) bond motifs is 3. The van der Waals surface area contributed by atoms with Crippen molar-refractivity contribution in [1.82, 2.24) is 14.8 Å². The van der Waals surface area contributed by atoms with Gasteiger partial charge >= 0.3 is 0 Å². The number of hydrogen-bond acceptors (Lipinski definition) is 3. The van der Waals surface area contributed by atoms with Crippen LogP contribution in [0.1, 0.15) is 80.1 Å². The van der Waals surface area contributed by atoms with Gasteiger partial charge in [0.25, 0.3) is 5.91 Å². The third-order valence-corrected chi connectivity index (χ3v) is 7.74. The highest BCUT2D eigenvalue weighted by Crippen LogP contribution is 2.35. The Morgan fingerprint density at radius 2 is 1.85 bits per heavy atom. The molecule has 2 aromatic heterocycles. The molecule has 1 N–H and O–H groups in total. The smallest absolute Gasteiger partial charge is 0.271 e. The standard InChI is InChI=1S/C28H35N3O3/c1-19(21-11-7-6-8-12-21)17-31-26(32)24-16-25-23(15-20(2)34-25)30(24)18-28(31,3)27(33)29-22-13-9-4-5-10-14-22/h6-8,11-12,15-16,19,22H,4-5,9-10,13-14,17-18H2,1-3H3,(H,29,33)/t19-,28+/m1/s1. The van der Waals surface area contributed by atoms with Gasteiger partial charge < -0.3 is 19.2 Å². The predicted molar refractivity (Wildman–Crippen MR) is 133 cm³/mol. The Labute approximate surface area is 201 Å². The molecular formula is C28H35N3O3. The largest absolute Gasteiger partial charge is 0.460 e. The summed E-state index contributed by atoms with van der Waals surface area (Å²) in [5.74, 6) is 0.733. The maximum atomic E-state index is 13.9. The SMILES string of the molecule is Cc1cc2c(cc3n2C[C@@](C)(C(=O)NC2CCCCCC2)N(C[C@@H](C)c2ccccc2)C3=O)o1. The molecule has 1 saturated carbocycles. The molecule has 2 amide bonds. The van der Waals surface area contributed by atoms with Crippen molar-refractivity contribution < 1.29 is 14.0 Å². The van der Waals surface area contributed by atoms with Crippen LogP contribution in [0.4, 0.5) is 0 Å². The van der Waals surface area contributed by atoms with E-state index in [9.17, 15) is 9.59 Å². The average molecular weight is 462 g/mol. The Hall–Kier alpha value is -3.02. The third kappa shape index (κ3) is 4.04. The molecule has 3 heterocycles. The Bertz CT molecular complexity index is 1190. The van der Waals surface area contributed by atoms with E-state index in [2.05, 4.69) is 24.4 Å². The van der Waals surface area contributed by atoms with Gasteiger partial charge in [-0.25, -0.2) is 0 Å². The molecule has 6 nitrogen and oxygen atoms in total. The molecule has 180 valence electrons. The van der Waals surface area contributed by atoms with Crippen LogP contribution in [0, 0.1) is 6.92 Å². The first-order chi connectivity index (χ1) is 16.4. The van der Waals surface area contributed by atoms with Gasteiger partial charge in [-0.2, -0.15) is 0 Å². The first-order valence-corrected chi connectivity index (χ1v) is 12.6. The lowest BCUT2D eigenvalue weighted by Crippen LogP contribution is -2.65. The van der Waals surface area contributed by atoms with Crippen molar-refractivity contribution in [2.24, 2.45) is 0 Å². The Morgan fingerprint density at radius 1 is 1.15 bits per heavy atom. The number of hydrogen-bond donors (Lipinski definition) is 1. The van der Waals surface area contributed by atoms with Crippen LogP contribution in [0.25, 0.3) is 11.1 Å². The van der Waals surface area contributed by atoms with Gasteiger partial charge in [-0.3, -0.25) is 9.59 Å². The zero-order valence-corrected chi connectivity index (χ0v) is 20.5. The van der Waals surface area contributed by atoms with Crippen LogP contribution in [-0.2, 0) is 11.3 Å². The number of aromatic nitrogens is 1. The van der Waals surface area contributed by atoms with Gasteiger partial charge in [0.05, 0.1) is 12.1 Å². The van der Waals surface area contributed by atoms with Gasteiger partial charge in [-0.1, -0.05) is 62.9 Å². The van der Waals surface area contributed by atoms with E-state index in [4.69, 9.17) is 4.42 Å². The lowest BCUT2D eigenvalue weighted by molar-refractivity contribution is -0.133. The molecule has 0 unspecified atom stereocenters. The molecule has 5 rings (SSSR count). The number of amides is 2. The summed E-state index contributed by atoms with van der Waals surface area (Å²) in [5, 5.41) is 3.34. The van der Waals surface area contributed by atoms with Crippen molar-refractivity contribution in [2.75, 3.05) is 6.54 Å². The van der Waals surface area contributed by atoms with Crippen LogP contribution in [0.5, 0.6) is 0 Å².